The van der Waals surface area contributed by atoms with E-state index in [2.05, 4.69) is 5.32 Å². The SMILES string of the molecule is Fc1cccc(Cl)c1/C=C1/CCNC1. The highest BCUT2D eigenvalue weighted by Crippen LogP contribution is 2.23. The molecule has 3 heteroatoms. The van der Waals surface area contributed by atoms with Gasteiger partial charge in [0.1, 0.15) is 5.82 Å². The van der Waals surface area contributed by atoms with Crippen LogP contribution in [0, 0.1) is 5.82 Å². The van der Waals surface area contributed by atoms with Crippen LogP contribution in [-0.4, -0.2) is 13.1 Å². The molecule has 0 spiro atoms. The molecule has 0 atom stereocenters. The highest BCUT2D eigenvalue weighted by Gasteiger charge is 2.09. The van der Waals surface area contributed by atoms with E-state index in [1.54, 1.807) is 12.1 Å². The van der Waals surface area contributed by atoms with Crippen LogP contribution in [0.15, 0.2) is 23.8 Å². The largest absolute Gasteiger partial charge is 0.313 e. The summed E-state index contributed by atoms with van der Waals surface area (Å²) in [6.45, 7) is 1.81. The Bertz CT molecular complexity index is 345. The first-order valence-electron chi connectivity index (χ1n) is 4.61. The molecular weight excluding hydrogens is 201 g/mol. The minimum atomic E-state index is -0.253. The normalized spacial score (nSPS) is 19.1. The van der Waals surface area contributed by atoms with E-state index in [0.717, 1.165) is 19.5 Å². The van der Waals surface area contributed by atoms with E-state index in [-0.39, 0.29) is 5.82 Å². The van der Waals surface area contributed by atoms with Crippen LogP contribution < -0.4 is 5.32 Å². The molecule has 0 aliphatic carbocycles. The van der Waals surface area contributed by atoms with E-state index in [1.165, 1.54) is 11.6 Å². The standard InChI is InChI=1S/C11H11ClFN/c12-10-2-1-3-11(13)9(10)6-8-4-5-14-7-8/h1-3,6,14H,4-5,7H2/b8-6-. The molecule has 0 radical (unpaired) electrons. The maximum Gasteiger partial charge on any atom is 0.131 e. The predicted octanol–water partition coefficient (Wildman–Crippen LogP) is 2.86. The van der Waals surface area contributed by atoms with E-state index in [1.807, 2.05) is 6.08 Å². The zero-order valence-electron chi connectivity index (χ0n) is 7.69. The minimum Gasteiger partial charge on any atom is -0.313 e. The Hall–Kier alpha value is -0.860. The number of hydrogen-bond acceptors (Lipinski definition) is 1. The van der Waals surface area contributed by atoms with Gasteiger partial charge in [-0.2, -0.15) is 0 Å². The van der Waals surface area contributed by atoms with Gasteiger partial charge >= 0.3 is 0 Å². The van der Waals surface area contributed by atoms with Gasteiger partial charge in [0, 0.05) is 12.1 Å². The van der Waals surface area contributed by atoms with Crippen LogP contribution in [0.2, 0.25) is 5.02 Å². The lowest BCUT2D eigenvalue weighted by molar-refractivity contribution is 0.625. The number of halogens is 2. The van der Waals surface area contributed by atoms with Crippen molar-refractivity contribution in [2.45, 2.75) is 6.42 Å². The predicted molar refractivity (Wildman–Crippen MR) is 56.9 cm³/mol. The van der Waals surface area contributed by atoms with E-state index in [4.69, 9.17) is 11.6 Å². The zero-order valence-corrected chi connectivity index (χ0v) is 8.44. The Labute approximate surface area is 87.6 Å². The summed E-state index contributed by atoms with van der Waals surface area (Å²) in [5.74, 6) is -0.253. The molecule has 0 saturated carbocycles. The summed E-state index contributed by atoms with van der Waals surface area (Å²) in [5, 5.41) is 3.67. The van der Waals surface area contributed by atoms with Crippen molar-refractivity contribution in [1.29, 1.82) is 0 Å². The summed E-state index contributed by atoms with van der Waals surface area (Å²) in [6.07, 6.45) is 2.82. The Kier molecular flexibility index (Phi) is 2.85. The molecule has 14 heavy (non-hydrogen) atoms. The van der Waals surface area contributed by atoms with E-state index in [9.17, 15) is 4.39 Å². The summed E-state index contributed by atoms with van der Waals surface area (Å²) >= 11 is 5.90. The van der Waals surface area contributed by atoms with Crippen molar-refractivity contribution in [2.24, 2.45) is 0 Å². The minimum absolute atomic E-state index is 0.253. The monoisotopic (exact) mass is 211 g/mol. The van der Waals surface area contributed by atoms with Gasteiger partial charge in [-0.1, -0.05) is 29.3 Å². The molecule has 1 heterocycles. The Morgan fingerprint density at radius 3 is 2.93 bits per heavy atom. The number of benzene rings is 1. The fraction of sp³-hybridized carbons (Fsp3) is 0.273. The van der Waals surface area contributed by atoms with Gasteiger partial charge in [-0.15, -0.1) is 0 Å². The van der Waals surface area contributed by atoms with Crippen molar-refractivity contribution < 1.29 is 4.39 Å². The van der Waals surface area contributed by atoms with Gasteiger partial charge in [0.15, 0.2) is 0 Å². The van der Waals surface area contributed by atoms with Gasteiger partial charge in [0.2, 0.25) is 0 Å². The lowest BCUT2D eigenvalue weighted by Crippen LogP contribution is -2.04. The van der Waals surface area contributed by atoms with Crippen LogP contribution in [-0.2, 0) is 0 Å². The smallest absolute Gasteiger partial charge is 0.131 e. The molecule has 1 aliphatic heterocycles. The molecule has 1 fully saturated rings. The maximum absolute atomic E-state index is 13.4. The van der Waals surface area contributed by atoms with Crippen molar-refractivity contribution >= 4 is 17.7 Å². The molecule has 2 rings (SSSR count). The first kappa shape index (κ1) is 9.69. The topological polar surface area (TPSA) is 12.0 Å². The molecule has 1 nitrogen and oxygen atoms in total. The van der Waals surface area contributed by atoms with E-state index < -0.39 is 0 Å². The quantitative estimate of drug-likeness (QED) is 0.753. The molecule has 1 aromatic carbocycles. The average Bonchev–Trinajstić information content (AvgIpc) is 2.64. The molecule has 0 unspecified atom stereocenters. The second-order valence-corrected chi connectivity index (χ2v) is 3.77. The third-order valence-electron chi connectivity index (χ3n) is 2.32. The third-order valence-corrected chi connectivity index (χ3v) is 2.65. The molecule has 0 aromatic heterocycles. The fourth-order valence-electron chi connectivity index (χ4n) is 1.56. The molecule has 1 aromatic rings. The average molecular weight is 212 g/mol. The molecular formula is C11H11ClFN. The van der Waals surface area contributed by atoms with Gasteiger partial charge in [-0.25, -0.2) is 4.39 Å². The molecule has 0 amide bonds. The summed E-state index contributed by atoms with van der Waals surface area (Å²) in [4.78, 5) is 0. The first-order valence-corrected chi connectivity index (χ1v) is 4.99. The number of hydrogen-bond donors (Lipinski definition) is 1. The lowest BCUT2D eigenvalue weighted by Gasteiger charge is -2.01. The van der Waals surface area contributed by atoms with Gasteiger partial charge in [0.25, 0.3) is 0 Å². The Balaban J connectivity index is 2.36. The highest BCUT2D eigenvalue weighted by atomic mass is 35.5. The molecule has 1 aliphatic rings. The molecule has 1 N–H and O–H groups in total. The van der Waals surface area contributed by atoms with Crippen molar-refractivity contribution in [1.82, 2.24) is 5.32 Å². The molecule has 74 valence electrons. The van der Waals surface area contributed by atoms with Crippen LogP contribution in [0.3, 0.4) is 0 Å². The first-order chi connectivity index (χ1) is 6.77. The van der Waals surface area contributed by atoms with Crippen molar-refractivity contribution in [2.75, 3.05) is 13.1 Å². The number of nitrogens with one attached hydrogen (secondary N) is 1. The second kappa shape index (κ2) is 4.11. The van der Waals surface area contributed by atoms with Gasteiger partial charge in [0.05, 0.1) is 5.02 Å². The summed E-state index contributed by atoms with van der Waals surface area (Å²) in [7, 11) is 0. The molecule has 0 bridgehead atoms. The van der Waals surface area contributed by atoms with Crippen LogP contribution in [0.25, 0.3) is 6.08 Å². The van der Waals surface area contributed by atoms with E-state index in [0.29, 0.717) is 10.6 Å². The Morgan fingerprint density at radius 1 is 1.43 bits per heavy atom. The van der Waals surface area contributed by atoms with E-state index >= 15 is 0 Å². The fourth-order valence-corrected chi connectivity index (χ4v) is 1.78. The Morgan fingerprint density at radius 2 is 2.29 bits per heavy atom. The van der Waals surface area contributed by atoms with Gasteiger partial charge in [-0.3, -0.25) is 0 Å². The zero-order chi connectivity index (χ0) is 9.97. The van der Waals surface area contributed by atoms with Crippen molar-refractivity contribution in [3.05, 3.63) is 40.2 Å². The summed E-state index contributed by atoms with van der Waals surface area (Å²) < 4.78 is 13.4. The second-order valence-electron chi connectivity index (χ2n) is 3.36. The van der Waals surface area contributed by atoms with Crippen LogP contribution in [0.5, 0.6) is 0 Å². The third kappa shape index (κ3) is 1.97. The van der Waals surface area contributed by atoms with Crippen LogP contribution in [0.1, 0.15) is 12.0 Å². The molecule has 1 saturated heterocycles. The van der Waals surface area contributed by atoms with Crippen LogP contribution in [0.4, 0.5) is 4.39 Å². The van der Waals surface area contributed by atoms with Crippen molar-refractivity contribution in [3.63, 3.8) is 0 Å². The number of rotatable bonds is 1. The van der Waals surface area contributed by atoms with Crippen LogP contribution >= 0.6 is 11.6 Å². The van der Waals surface area contributed by atoms with Gasteiger partial charge < -0.3 is 5.32 Å². The highest BCUT2D eigenvalue weighted by molar-refractivity contribution is 6.32. The lowest BCUT2D eigenvalue weighted by atomic mass is 10.1. The summed E-state index contributed by atoms with van der Waals surface area (Å²) in [5.41, 5.74) is 1.71. The summed E-state index contributed by atoms with van der Waals surface area (Å²) in [6, 6.07) is 4.76. The van der Waals surface area contributed by atoms with Crippen molar-refractivity contribution in [3.8, 4) is 0 Å². The van der Waals surface area contributed by atoms with Gasteiger partial charge in [-0.05, 0) is 25.1 Å². The maximum atomic E-state index is 13.4.